The Kier molecular flexibility index (Phi) is 5.87. The molecule has 210 valence electrons. The number of nitrogens with one attached hydrogen (secondary N) is 1. The van der Waals surface area contributed by atoms with Crippen molar-refractivity contribution in [3.63, 3.8) is 0 Å². The molecule has 0 aromatic heterocycles. The van der Waals surface area contributed by atoms with Crippen molar-refractivity contribution < 1.29 is 32.0 Å². The van der Waals surface area contributed by atoms with Crippen LogP contribution in [0.5, 0.6) is 5.75 Å². The standard InChI is InChI=1S/C26H29F4N5O4/c27-24(28)5-8-33(9-6-24)20-12-16(11-15-3-10-39-22(15)20)32-23(36)17-1-4-25(31,35(37)38)13-21(17)34-7-2-18-19(14-34)26(18,29)30/h1,4,11-12,18-19H,2-3,5-10,13-14,31H2,(H,32,36). The highest BCUT2D eigenvalue weighted by atomic mass is 19.3. The van der Waals surface area contributed by atoms with Crippen molar-refractivity contribution in [2.24, 2.45) is 17.6 Å². The summed E-state index contributed by atoms with van der Waals surface area (Å²) in [6, 6.07) is 3.44. The summed E-state index contributed by atoms with van der Waals surface area (Å²) < 4.78 is 61.5. The molecule has 0 radical (unpaired) electrons. The van der Waals surface area contributed by atoms with E-state index in [9.17, 15) is 32.5 Å². The maximum Gasteiger partial charge on any atom is 0.297 e. The second kappa shape index (κ2) is 8.83. The van der Waals surface area contributed by atoms with E-state index in [4.69, 9.17) is 10.5 Å². The fourth-order valence-electron chi connectivity index (χ4n) is 6.20. The first-order valence-electron chi connectivity index (χ1n) is 13.1. The number of anilines is 2. The van der Waals surface area contributed by atoms with E-state index in [-0.39, 0.29) is 63.1 Å². The Balaban J connectivity index is 1.29. The predicted octanol–water partition coefficient (Wildman–Crippen LogP) is 3.53. The van der Waals surface area contributed by atoms with Gasteiger partial charge in [-0.3, -0.25) is 20.6 Å². The van der Waals surface area contributed by atoms with Crippen LogP contribution in [0.2, 0.25) is 0 Å². The van der Waals surface area contributed by atoms with Gasteiger partial charge in [-0.25, -0.2) is 17.6 Å². The fourth-order valence-corrected chi connectivity index (χ4v) is 6.20. The smallest absolute Gasteiger partial charge is 0.297 e. The number of benzene rings is 1. The molecule has 2 aliphatic carbocycles. The van der Waals surface area contributed by atoms with E-state index in [2.05, 4.69) is 5.32 Å². The maximum absolute atomic E-state index is 14.1. The van der Waals surface area contributed by atoms with Crippen molar-refractivity contribution >= 4 is 17.3 Å². The lowest BCUT2D eigenvalue weighted by molar-refractivity contribution is -0.554. The Labute approximate surface area is 221 Å². The molecule has 1 saturated carbocycles. The number of likely N-dealkylation sites (tertiary alicyclic amines) is 1. The summed E-state index contributed by atoms with van der Waals surface area (Å²) >= 11 is 0. The summed E-state index contributed by atoms with van der Waals surface area (Å²) in [6.07, 6.45) is 2.37. The van der Waals surface area contributed by atoms with E-state index in [1.165, 1.54) is 6.08 Å². The van der Waals surface area contributed by atoms with Crippen molar-refractivity contribution in [1.29, 1.82) is 0 Å². The summed E-state index contributed by atoms with van der Waals surface area (Å²) in [6.45, 7) is 0.942. The largest absolute Gasteiger partial charge is 0.491 e. The Morgan fingerprint density at radius 2 is 1.87 bits per heavy atom. The monoisotopic (exact) mass is 551 g/mol. The number of fused-ring (bicyclic) bond motifs is 2. The number of carbonyl (C=O) groups is 1. The van der Waals surface area contributed by atoms with Crippen LogP contribution in [0.1, 0.15) is 31.2 Å². The third-order valence-electron chi connectivity index (χ3n) is 8.62. The minimum atomic E-state index is -2.77. The maximum atomic E-state index is 14.1. The number of hydrogen-bond donors (Lipinski definition) is 2. The lowest BCUT2D eigenvalue weighted by Crippen LogP contribution is -2.50. The van der Waals surface area contributed by atoms with Gasteiger partial charge < -0.3 is 19.9 Å². The number of nitrogens with two attached hydrogens (primary N) is 1. The summed E-state index contributed by atoms with van der Waals surface area (Å²) in [5.74, 6) is -7.00. The average Bonchev–Trinajstić information content (AvgIpc) is 3.19. The number of amides is 1. The molecule has 5 aliphatic rings. The minimum Gasteiger partial charge on any atom is -0.491 e. The summed E-state index contributed by atoms with van der Waals surface area (Å²) in [5, 5.41) is 14.5. The Morgan fingerprint density at radius 3 is 2.56 bits per heavy atom. The van der Waals surface area contributed by atoms with Crippen molar-refractivity contribution in [2.45, 2.75) is 49.6 Å². The van der Waals surface area contributed by atoms with E-state index < -0.39 is 40.2 Å². The van der Waals surface area contributed by atoms with E-state index in [1.807, 2.05) is 4.90 Å². The number of halogens is 4. The van der Waals surface area contributed by atoms with Crippen molar-refractivity contribution in [2.75, 3.05) is 43.0 Å². The van der Waals surface area contributed by atoms with Gasteiger partial charge in [-0.05, 0) is 24.6 Å². The summed E-state index contributed by atoms with van der Waals surface area (Å²) in [5.41, 5.74) is 6.29. The van der Waals surface area contributed by atoms with Crippen LogP contribution in [0.4, 0.5) is 28.9 Å². The molecule has 1 amide bonds. The second-order valence-electron chi connectivity index (χ2n) is 11.1. The van der Waals surface area contributed by atoms with E-state index in [0.29, 0.717) is 30.2 Å². The SMILES string of the molecule is NC1([N+](=O)[O-])C=CC(C(=O)Nc2cc3c(c(N4CCC(F)(F)CC4)c2)OCC3)=C(N2CCC3C(C2)C3(F)F)C1. The number of hydrogen-bond acceptors (Lipinski definition) is 7. The number of rotatable bonds is 5. The number of alkyl halides is 4. The number of nitrogens with zero attached hydrogens (tertiary/aromatic N) is 3. The third-order valence-corrected chi connectivity index (χ3v) is 8.62. The number of piperidine rings is 2. The molecule has 0 bridgehead atoms. The fraction of sp³-hybridized carbons (Fsp3) is 0.577. The highest BCUT2D eigenvalue weighted by Crippen LogP contribution is 2.59. The molecule has 6 rings (SSSR count). The molecule has 13 heteroatoms. The lowest BCUT2D eigenvalue weighted by atomic mass is 9.92. The molecular weight excluding hydrogens is 522 g/mol. The Hall–Kier alpha value is -3.35. The molecule has 1 aromatic carbocycles. The van der Waals surface area contributed by atoms with Crippen LogP contribution in [0.25, 0.3) is 0 Å². The topological polar surface area (TPSA) is 114 Å². The number of ether oxygens (including phenoxy) is 1. The Morgan fingerprint density at radius 1 is 1.13 bits per heavy atom. The van der Waals surface area contributed by atoms with Gasteiger partial charge >= 0.3 is 0 Å². The van der Waals surface area contributed by atoms with Gasteiger partial charge in [0.25, 0.3) is 23.4 Å². The van der Waals surface area contributed by atoms with Crippen LogP contribution in [-0.2, 0) is 11.2 Å². The van der Waals surface area contributed by atoms with Gasteiger partial charge in [0.15, 0.2) is 0 Å². The highest BCUT2D eigenvalue weighted by molar-refractivity contribution is 6.07. The van der Waals surface area contributed by atoms with Crippen LogP contribution < -0.4 is 20.7 Å². The van der Waals surface area contributed by atoms with Gasteiger partial charge in [-0.2, -0.15) is 0 Å². The predicted molar refractivity (Wildman–Crippen MR) is 133 cm³/mol. The second-order valence-corrected chi connectivity index (χ2v) is 11.1. The lowest BCUT2D eigenvalue weighted by Gasteiger charge is -2.35. The van der Waals surface area contributed by atoms with Gasteiger partial charge in [-0.15, -0.1) is 0 Å². The molecule has 39 heavy (non-hydrogen) atoms. The van der Waals surface area contributed by atoms with Crippen molar-refractivity contribution in [1.82, 2.24) is 4.90 Å². The first-order chi connectivity index (χ1) is 18.4. The van der Waals surface area contributed by atoms with Crippen molar-refractivity contribution in [3.05, 3.63) is 51.2 Å². The first-order valence-corrected chi connectivity index (χ1v) is 13.1. The zero-order valence-corrected chi connectivity index (χ0v) is 21.1. The van der Waals surface area contributed by atoms with E-state index in [1.54, 1.807) is 17.0 Å². The average molecular weight is 552 g/mol. The van der Waals surface area contributed by atoms with Gasteiger partial charge in [0, 0.05) is 85.2 Å². The molecule has 2 saturated heterocycles. The molecule has 0 spiro atoms. The number of carbonyl (C=O) groups excluding carboxylic acids is 1. The highest BCUT2D eigenvalue weighted by Gasteiger charge is 2.69. The Bertz CT molecular complexity index is 1290. The quantitative estimate of drug-likeness (QED) is 0.249. The van der Waals surface area contributed by atoms with Crippen molar-refractivity contribution in [3.8, 4) is 5.75 Å². The van der Waals surface area contributed by atoms with Gasteiger partial charge in [0.1, 0.15) is 5.75 Å². The molecule has 3 atom stereocenters. The number of nitro groups is 1. The molecule has 3 fully saturated rings. The van der Waals surface area contributed by atoms with Crippen LogP contribution >= 0.6 is 0 Å². The van der Waals surface area contributed by atoms with Crippen LogP contribution in [0.15, 0.2) is 35.6 Å². The van der Waals surface area contributed by atoms with E-state index >= 15 is 0 Å². The molecule has 9 nitrogen and oxygen atoms in total. The van der Waals surface area contributed by atoms with Gasteiger partial charge in [0.05, 0.1) is 24.3 Å². The first kappa shape index (κ1) is 25.9. The van der Waals surface area contributed by atoms with Crippen LogP contribution in [-0.4, -0.2) is 66.0 Å². The zero-order valence-electron chi connectivity index (χ0n) is 21.1. The van der Waals surface area contributed by atoms with Crippen LogP contribution in [0.3, 0.4) is 0 Å². The normalized spacial score (nSPS) is 30.4. The summed E-state index contributed by atoms with van der Waals surface area (Å²) in [4.78, 5) is 28.0. The van der Waals surface area contributed by atoms with Gasteiger partial charge in [0.2, 0.25) is 0 Å². The third kappa shape index (κ3) is 4.50. The molecule has 3 aliphatic heterocycles. The molecular formula is C26H29F4N5O4. The zero-order chi connectivity index (χ0) is 27.7. The van der Waals surface area contributed by atoms with Crippen LogP contribution in [0, 0.1) is 22.0 Å². The molecule has 1 aromatic rings. The summed E-state index contributed by atoms with van der Waals surface area (Å²) in [7, 11) is 0. The molecule has 3 heterocycles. The molecule has 3 N–H and O–H groups in total. The van der Waals surface area contributed by atoms with E-state index in [0.717, 1.165) is 11.6 Å². The minimum absolute atomic E-state index is 0.00859. The molecule has 3 unspecified atom stereocenters. The van der Waals surface area contributed by atoms with Gasteiger partial charge in [-0.1, -0.05) is 0 Å².